The van der Waals surface area contributed by atoms with Crippen LogP contribution < -0.4 is 10.5 Å². The Morgan fingerprint density at radius 3 is 2.81 bits per heavy atom. The van der Waals surface area contributed by atoms with Gasteiger partial charge in [-0.05, 0) is 18.6 Å². The van der Waals surface area contributed by atoms with Gasteiger partial charge in [0.2, 0.25) is 10.0 Å². The van der Waals surface area contributed by atoms with Gasteiger partial charge in [0.25, 0.3) is 0 Å². The van der Waals surface area contributed by atoms with Crippen LogP contribution in [0.25, 0.3) is 0 Å². The molecule has 2 aromatic heterocycles. The molecule has 1 unspecified atom stereocenters. The fourth-order valence-electron chi connectivity index (χ4n) is 1.76. The van der Waals surface area contributed by atoms with Crippen molar-refractivity contribution >= 4 is 38.6 Å². The Labute approximate surface area is 132 Å². The zero-order valence-electron chi connectivity index (χ0n) is 11.2. The molecule has 0 saturated heterocycles. The maximum absolute atomic E-state index is 12.5. The highest BCUT2D eigenvalue weighted by Crippen LogP contribution is 2.22. The van der Waals surface area contributed by atoms with Crippen molar-refractivity contribution in [3.8, 4) is 0 Å². The van der Waals surface area contributed by atoms with Crippen LogP contribution >= 0.6 is 23.6 Å². The second-order valence-electron chi connectivity index (χ2n) is 4.17. The molecular weight excluding hydrogens is 328 g/mol. The van der Waals surface area contributed by atoms with Crippen LogP contribution in [0.4, 0.5) is 0 Å². The van der Waals surface area contributed by atoms with E-state index in [4.69, 9.17) is 18.0 Å². The predicted molar refractivity (Wildman–Crippen MR) is 85.6 cm³/mol. The molecular formula is C12H14N4O2S3. The molecule has 3 N–H and O–H groups in total. The van der Waals surface area contributed by atoms with Crippen LogP contribution in [0.1, 0.15) is 30.1 Å². The molecule has 0 fully saturated rings. The summed E-state index contributed by atoms with van der Waals surface area (Å²) in [7, 11) is -3.79. The fraction of sp³-hybridized carbons (Fsp3) is 0.250. The van der Waals surface area contributed by atoms with Crippen LogP contribution in [-0.4, -0.2) is 23.4 Å². The fourth-order valence-corrected chi connectivity index (χ4v) is 4.29. The van der Waals surface area contributed by atoms with Crippen LogP contribution in [0.15, 0.2) is 34.8 Å². The summed E-state index contributed by atoms with van der Waals surface area (Å²) in [6.07, 6.45) is 3.67. The molecule has 2 heterocycles. The summed E-state index contributed by atoms with van der Waals surface area (Å²) in [5.41, 5.74) is 5.63. The number of hydrogen-bond donors (Lipinski definition) is 2. The number of aromatic nitrogens is 2. The number of hydrogen-bond acceptors (Lipinski definition) is 6. The van der Waals surface area contributed by atoms with Gasteiger partial charge in [0, 0.05) is 17.8 Å². The highest BCUT2D eigenvalue weighted by Gasteiger charge is 2.25. The zero-order chi connectivity index (χ0) is 15.5. The number of nitrogens with zero attached hydrogens (tertiary/aromatic N) is 2. The molecule has 0 aliphatic heterocycles. The molecule has 0 aliphatic rings. The zero-order valence-corrected chi connectivity index (χ0v) is 13.6. The van der Waals surface area contributed by atoms with E-state index < -0.39 is 16.1 Å². The molecule has 2 rings (SSSR count). The SMILES string of the molecule is CCC(NS(=O)(=O)c1cccnc1C(N)=S)c1nccs1. The van der Waals surface area contributed by atoms with Crippen molar-refractivity contribution < 1.29 is 8.42 Å². The lowest BCUT2D eigenvalue weighted by atomic mass is 10.3. The third-order valence-electron chi connectivity index (χ3n) is 2.75. The summed E-state index contributed by atoms with van der Waals surface area (Å²) in [6, 6.07) is 2.56. The van der Waals surface area contributed by atoms with Crippen molar-refractivity contribution in [2.45, 2.75) is 24.3 Å². The minimum absolute atomic E-state index is 0.0208. The first-order chi connectivity index (χ1) is 9.95. The largest absolute Gasteiger partial charge is 0.388 e. The summed E-state index contributed by atoms with van der Waals surface area (Å²) < 4.78 is 27.7. The molecule has 2 aromatic rings. The minimum atomic E-state index is -3.79. The van der Waals surface area contributed by atoms with Gasteiger partial charge < -0.3 is 5.73 Å². The molecule has 0 radical (unpaired) electrons. The van der Waals surface area contributed by atoms with Gasteiger partial charge in [-0.1, -0.05) is 19.1 Å². The second kappa shape index (κ2) is 6.56. The standard InChI is InChI=1S/C12H14N4O2S3/c1-2-8(12-15-6-7-20-12)16-21(17,18)9-4-3-5-14-10(9)11(13)19/h3-8,16H,2H2,1H3,(H2,13,19). The summed E-state index contributed by atoms with van der Waals surface area (Å²) >= 11 is 6.25. The molecule has 0 bridgehead atoms. The van der Waals surface area contributed by atoms with Gasteiger partial charge in [0.1, 0.15) is 20.6 Å². The molecule has 9 heteroatoms. The number of thiocarbonyl (C=S) groups is 1. The Hall–Kier alpha value is -1.42. The topological polar surface area (TPSA) is 98.0 Å². The predicted octanol–water partition coefficient (Wildman–Crippen LogP) is 1.60. The van der Waals surface area contributed by atoms with Crippen molar-refractivity contribution in [2.24, 2.45) is 5.73 Å². The van der Waals surface area contributed by atoms with Crippen molar-refractivity contribution in [2.75, 3.05) is 0 Å². The van der Waals surface area contributed by atoms with E-state index >= 15 is 0 Å². The van der Waals surface area contributed by atoms with E-state index in [0.29, 0.717) is 11.4 Å². The Morgan fingerprint density at radius 1 is 1.48 bits per heavy atom. The summed E-state index contributed by atoms with van der Waals surface area (Å²) in [6.45, 7) is 1.88. The Morgan fingerprint density at radius 2 is 2.24 bits per heavy atom. The first kappa shape index (κ1) is 16.0. The lowest BCUT2D eigenvalue weighted by molar-refractivity contribution is 0.548. The number of pyridine rings is 1. The molecule has 1 atom stereocenters. The Bertz CT molecular complexity index is 729. The third-order valence-corrected chi connectivity index (χ3v) is 5.33. The maximum Gasteiger partial charge on any atom is 0.243 e. The van der Waals surface area contributed by atoms with E-state index in [1.54, 1.807) is 11.6 Å². The van der Waals surface area contributed by atoms with Gasteiger partial charge in [0.05, 0.1) is 6.04 Å². The van der Waals surface area contributed by atoms with E-state index in [2.05, 4.69) is 14.7 Å². The van der Waals surface area contributed by atoms with Gasteiger partial charge >= 0.3 is 0 Å². The molecule has 0 aromatic carbocycles. The van der Waals surface area contributed by atoms with E-state index in [9.17, 15) is 8.42 Å². The van der Waals surface area contributed by atoms with Gasteiger partial charge in [-0.2, -0.15) is 0 Å². The van der Waals surface area contributed by atoms with Gasteiger partial charge in [-0.15, -0.1) is 11.3 Å². The average Bonchev–Trinajstić information content (AvgIpc) is 2.99. The quantitative estimate of drug-likeness (QED) is 0.774. The van der Waals surface area contributed by atoms with E-state index in [0.717, 1.165) is 0 Å². The van der Waals surface area contributed by atoms with E-state index in [-0.39, 0.29) is 15.6 Å². The van der Waals surface area contributed by atoms with Crippen molar-refractivity contribution in [1.29, 1.82) is 0 Å². The van der Waals surface area contributed by atoms with Crippen molar-refractivity contribution in [3.05, 3.63) is 40.6 Å². The van der Waals surface area contributed by atoms with Crippen LogP contribution in [0.3, 0.4) is 0 Å². The molecule has 0 spiro atoms. The molecule has 0 aliphatic carbocycles. The van der Waals surface area contributed by atoms with E-state index in [1.165, 1.54) is 29.7 Å². The molecule has 21 heavy (non-hydrogen) atoms. The van der Waals surface area contributed by atoms with Crippen LogP contribution in [-0.2, 0) is 10.0 Å². The number of rotatable bonds is 6. The normalized spacial score (nSPS) is 13.0. The Balaban J connectivity index is 2.37. The number of nitrogens with one attached hydrogen (secondary N) is 1. The molecule has 6 nitrogen and oxygen atoms in total. The van der Waals surface area contributed by atoms with Crippen molar-refractivity contribution in [1.82, 2.24) is 14.7 Å². The van der Waals surface area contributed by atoms with Gasteiger partial charge in [-0.3, -0.25) is 4.98 Å². The first-order valence-electron chi connectivity index (χ1n) is 6.12. The van der Waals surface area contributed by atoms with E-state index in [1.807, 2.05) is 6.92 Å². The lowest BCUT2D eigenvalue weighted by Crippen LogP contribution is -2.30. The van der Waals surface area contributed by atoms with Gasteiger partial charge in [-0.25, -0.2) is 18.1 Å². The number of nitrogens with two attached hydrogens (primary N) is 1. The molecule has 112 valence electrons. The summed E-state index contributed by atoms with van der Waals surface area (Å²) in [5.74, 6) is 0. The third kappa shape index (κ3) is 3.62. The summed E-state index contributed by atoms with van der Waals surface area (Å²) in [4.78, 5) is 8.01. The molecule has 0 amide bonds. The van der Waals surface area contributed by atoms with Crippen LogP contribution in [0.5, 0.6) is 0 Å². The second-order valence-corrected chi connectivity index (χ2v) is 7.22. The maximum atomic E-state index is 12.5. The highest BCUT2D eigenvalue weighted by molar-refractivity contribution is 7.89. The van der Waals surface area contributed by atoms with Gasteiger partial charge in [0.15, 0.2) is 0 Å². The summed E-state index contributed by atoms with van der Waals surface area (Å²) in [5, 5.41) is 2.51. The lowest BCUT2D eigenvalue weighted by Gasteiger charge is -2.16. The first-order valence-corrected chi connectivity index (χ1v) is 8.89. The smallest absolute Gasteiger partial charge is 0.243 e. The van der Waals surface area contributed by atoms with Crippen molar-refractivity contribution in [3.63, 3.8) is 0 Å². The average molecular weight is 342 g/mol. The highest BCUT2D eigenvalue weighted by atomic mass is 32.2. The Kier molecular flexibility index (Phi) is 4.99. The van der Waals surface area contributed by atoms with Crippen LogP contribution in [0, 0.1) is 0 Å². The number of thiazole rings is 1. The monoisotopic (exact) mass is 342 g/mol. The minimum Gasteiger partial charge on any atom is -0.388 e. The number of sulfonamides is 1. The molecule has 0 saturated carbocycles. The van der Waals surface area contributed by atoms with Crippen LogP contribution in [0.2, 0.25) is 0 Å².